The van der Waals surface area contributed by atoms with Gasteiger partial charge in [-0.3, -0.25) is 0 Å². The van der Waals surface area contributed by atoms with E-state index in [-0.39, 0.29) is 0 Å². The van der Waals surface area contributed by atoms with Crippen molar-refractivity contribution in [3.05, 3.63) is 64.6 Å². The molecule has 3 heteroatoms. The summed E-state index contributed by atoms with van der Waals surface area (Å²) in [6.45, 7) is 4.35. The van der Waals surface area contributed by atoms with Crippen LogP contribution in [0.4, 0.5) is 5.69 Å². The Morgan fingerprint density at radius 2 is 1.81 bits per heavy atom. The minimum atomic E-state index is 0.496. The summed E-state index contributed by atoms with van der Waals surface area (Å²) in [4.78, 5) is 2.51. The number of nitrogens with zero attached hydrogens (tertiary/aromatic N) is 1. The van der Waals surface area contributed by atoms with Gasteiger partial charge in [0.15, 0.2) is 0 Å². The highest BCUT2D eigenvalue weighted by Gasteiger charge is 2.26. The molecule has 21 heavy (non-hydrogen) atoms. The van der Waals surface area contributed by atoms with Crippen LogP contribution in [0.3, 0.4) is 0 Å². The first-order valence-electron chi connectivity index (χ1n) is 7.52. The minimum Gasteiger partial charge on any atom is -0.365 e. The maximum absolute atomic E-state index is 3.68. The average Bonchev–Trinajstić information content (AvgIpc) is 2.51. The zero-order chi connectivity index (χ0) is 14.7. The number of rotatable bonds is 3. The largest absolute Gasteiger partial charge is 0.365 e. The van der Waals surface area contributed by atoms with Gasteiger partial charge in [0.25, 0.3) is 0 Å². The minimum absolute atomic E-state index is 0.496. The predicted octanol–water partition coefficient (Wildman–Crippen LogP) is 3.86. The van der Waals surface area contributed by atoms with Gasteiger partial charge in [0, 0.05) is 29.6 Å². The molecular weight excluding hydrogens is 324 g/mol. The van der Waals surface area contributed by atoms with Crippen molar-refractivity contribution in [3.63, 3.8) is 0 Å². The molecule has 2 nitrogen and oxygen atoms in total. The summed E-state index contributed by atoms with van der Waals surface area (Å²) in [5.74, 6) is 0. The number of para-hydroxylation sites is 1. The average molecular weight is 345 g/mol. The van der Waals surface area contributed by atoms with Crippen LogP contribution in [0.25, 0.3) is 0 Å². The van der Waals surface area contributed by atoms with E-state index in [1.54, 1.807) is 0 Å². The Hall–Kier alpha value is -1.32. The number of hydrogen-bond donors (Lipinski definition) is 1. The Bertz CT molecular complexity index is 585. The van der Waals surface area contributed by atoms with E-state index in [1.165, 1.54) is 15.7 Å². The number of nitrogens with one attached hydrogen (secondary N) is 1. The fourth-order valence-electron chi connectivity index (χ4n) is 2.99. The lowest BCUT2D eigenvalue weighted by molar-refractivity contribution is 0.403. The highest BCUT2D eigenvalue weighted by atomic mass is 79.9. The lowest BCUT2D eigenvalue weighted by Crippen LogP contribution is -2.56. The molecule has 0 spiro atoms. The Kier molecular flexibility index (Phi) is 4.61. The van der Waals surface area contributed by atoms with E-state index >= 15 is 0 Å². The van der Waals surface area contributed by atoms with Crippen LogP contribution in [0.15, 0.2) is 59.1 Å². The van der Waals surface area contributed by atoms with Crippen LogP contribution < -0.4 is 10.2 Å². The molecular formula is C18H21BrN2. The number of halogens is 1. The fourth-order valence-corrected chi connectivity index (χ4v) is 3.50. The van der Waals surface area contributed by atoms with Crippen LogP contribution in [0, 0.1) is 0 Å². The molecule has 1 fully saturated rings. The first-order chi connectivity index (χ1) is 10.2. The zero-order valence-electron chi connectivity index (χ0n) is 12.3. The Labute approximate surface area is 135 Å². The third-order valence-corrected chi connectivity index (χ3v) is 4.81. The monoisotopic (exact) mass is 344 g/mol. The molecule has 0 aromatic heterocycles. The molecule has 3 rings (SSSR count). The number of benzene rings is 2. The SMILES string of the molecule is CC1CNC(Cc2ccccc2)CN1c1ccccc1Br. The van der Waals surface area contributed by atoms with E-state index in [9.17, 15) is 0 Å². The summed E-state index contributed by atoms with van der Waals surface area (Å²) in [5, 5.41) is 3.68. The standard InChI is InChI=1S/C18H21BrN2/c1-14-12-20-16(11-15-7-3-2-4-8-15)13-21(14)18-10-6-5-9-17(18)19/h2-10,14,16,20H,11-13H2,1H3. The second kappa shape index (κ2) is 6.63. The maximum Gasteiger partial charge on any atom is 0.0514 e. The van der Waals surface area contributed by atoms with Crippen LogP contribution in [0.1, 0.15) is 12.5 Å². The topological polar surface area (TPSA) is 15.3 Å². The predicted molar refractivity (Wildman–Crippen MR) is 92.9 cm³/mol. The van der Waals surface area contributed by atoms with Gasteiger partial charge in [-0.1, -0.05) is 42.5 Å². The van der Waals surface area contributed by atoms with Crippen molar-refractivity contribution in [2.24, 2.45) is 0 Å². The molecule has 0 bridgehead atoms. The highest BCUT2D eigenvalue weighted by Crippen LogP contribution is 2.28. The van der Waals surface area contributed by atoms with Gasteiger partial charge in [-0.25, -0.2) is 0 Å². The van der Waals surface area contributed by atoms with E-state index in [1.807, 2.05) is 0 Å². The molecule has 1 aliphatic rings. The maximum atomic E-state index is 3.68. The lowest BCUT2D eigenvalue weighted by Gasteiger charge is -2.41. The van der Waals surface area contributed by atoms with Gasteiger partial charge < -0.3 is 10.2 Å². The summed E-state index contributed by atoms with van der Waals surface area (Å²) in [6, 6.07) is 20.2. The van der Waals surface area contributed by atoms with Crippen molar-refractivity contribution in [1.29, 1.82) is 0 Å². The smallest absolute Gasteiger partial charge is 0.0514 e. The third-order valence-electron chi connectivity index (χ3n) is 4.14. The Balaban J connectivity index is 1.74. The van der Waals surface area contributed by atoms with Gasteiger partial charge in [-0.2, -0.15) is 0 Å². The third kappa shape index (κ3) is 3.47. The van der Waals surface area contributed by atoms with Gasteiger partial charge in [0.2, 0.25) is 0 Å². The summed E-state index contributed by atoms with van der Waals surface area (Å²) in [6.07, 6.45) is 1.08. The quantitative estimate of drug-likeness (QED) is 0.909. The van der Waals surface area contributed by atoms with Crippen molar-refractivity contribution >= 4 is 21.6 Å². The van der Waals surface area contributed by atoms with Crippen molar-refractivity contribution in [2.45, 2.75) is 25.4 Å². The van der Waals surface area contributed by atoms with Gasteiger partial charge in [-0.05, 0) is 47.0 Å². The van der Waals surface area contributed by atoms with Crippen molar-refractivity contribution in [2.75, 3.05) is 18.0 Å². The van der Waals surface area contributed by atoms with Crippen LogP contribution in [0.2, 0.25) is 0 Å². The molecule has 2 unspecified atom stereocenters. The Morgan fingerprint density at radius 3 is 2.57 bits per heavy atom. The molecule has 0 aliphatic carbocycles. The Morgan fingerprint density at radius 1 is 1.10 bits per heavy atom. The normalized spacial score (nSPS) is 22.3. The van der Waals surface area contributed by atoms with E-state index in [2.05, 4.69) is 87.7 Å². The first-order valence-corrected chi connectivity index (χ1v) is 8.32. The molecule has 0 amide bonds. The summed E-state index contributed by atoms with van der Waals surface area (Å²) < 4.78 is 1.18. The first kappa shape index (κ1) is 14.6. The summed E-state index contributed by atoms with van der Waals surface area (Å²) in [7, 11) is 0. The molecule has 0 radical (unpaired) electrons. The molecule has 110 valence electrons. The molecule has 2 aromatic carbocycles. The van der Waals surface area contributed by atoms with E-state index in [0.717, 1.165) is 19.5 Å². The second-order valence-corrected chi connectivity index (χ2v) is 6.60. The van der Waals surface area contributed by atoms with Crippen molar-refractivity contribution < 1.29 is 0 Å². The molecule has 2 atom stereocenters. The van der Waals surface area contributed by atoms with E-state index in [0.29, 0.717) is 12.1 Å². The molecule has 2 aromatic rings. The number of hydrogen-bond acceptors (Lipinski definition) is 2. The van der Waals surface area contributed by atoms with Gasteiger partial charge in [0.05, 0.1) is 5.69 Å². The van der Waals surface area contributed by atoms with Gasteiger partial charge in [0.1, 0.15) is 0 Å². The van der Waals surface area contributed by atoms with Gasteiger partial charge in [-0.15, -0.1) is 0 Å². The van der Waals surface area contributed by atoms with Crippen molar-refractivity contribution in [1.82, 2.24) is 5.32 Å². The number of anilines is 1. The van der Waals surface area contributed by atoms with E-state index < -0.39 is 0 Å². The number of piperazine rings is 1. The zero-order valence-corrected chi connectivity index (χ0v) is 13.9. The highest BCUT2D eigenvalue weighted by molar-refractivity contribution is 9.10. The fraction of sp³-hybridized carbons (Fsp3) is 0.333. The summed E-state index contributed by atoms with van der Waals surface area (Å²) >= 11 is 3.68. The van der Waals surface area contributed by atoms with Gasteiger partial charge >= 0.3 is 0 Å². The van der Waals surface area contributed by atoms with Crippen LogP contribution >= 0.6 is 15.9 Å². The van der Waals surface area contributed by atoms with Crippen LogP contribution in [-0.4, -0.2) is 25.2 Å². The summed E-state index contributed by atoms with van der Waals surface area (Å²) in [5.41, 5.74) is 2.70. The molecule has 1 heterocycles. The molecule has 1 aliphatic heterocycles. The van der Waals surface area contributed by atoms with E-state index in [4.69, 9.17) is 0 Å². The molecule has 0 saturated carbocycles. The van der Waals surface area contributed by atoms with Crippen LogP contribution in [-0.2, 0) is 6.42 Å². The molecule has 1 N–H and O–H groups in total. The van der Waals surface area contributed by atoms with Crippen molar-refractivity contribution in [3.8, 4) is 0 Å². The molecule has 1 saturated heterocycles. The van der Waals surface area contributed by atoms with Crippen LogP contribution in [0.5, 0.6) is 0 Å². The lowest BCUT2D eigenvalue weighted by atomic mass is 10.0. The second-order valence-electron chi connectivity index (χ2n) is 5.75.